The summed E-state index contributed by atoms with van der Waals surface area (Å²) in [6, 6.07) is 7.31. The van der Waals surface area contributed by atoms with Crippen molar-refractivity contribution in [1.82, 2.24) is 10.2 Å². The van der Waals surface area contributed by atoms with E-state index in [-0.39, 0.29) is 5.78 Å². The van der Waals surface area contributed by atoms with Gasteiger partial charge in [-0.3, -0.25) is 19.5 Å². The van der Waals surface area contributed by atoms with E-state index in [0.717, 1.165) is 37.3 Å². The van der Waals surface area contributed by atoms with Crippen LogP contribution < -0.4 is 15.8 Å². The Morgan fingerprint density at radius 3 is 2.51 bits per heavy atom. The number of benzene rings is 1. The quantitative estimate of drug-likeness (QED) is 0.0762. The molecule has 43 heavy (non-hydrogen) atoms. The number of carbonyl (C=O) groups excluding carboxylic acids is 2. The zero-order chi connectivity index (χ0) is 32.3. The molecule has 0 atom stereocenters. The third-order valence-electron chi connectivity index (χ3n) is 5.80. The molecule has 3 N–H and O–H groups in total. The van der Waals surface area contributed by atoms with Gasteiger partial charge in [-0.25, -0.2) is 4.39 Å². The fourth-order valence-corrected chi connectivity index (χ4v) is 3.51. The number of nitrogens with one attached hydrogen (secondary N) is 1. The van der Waals surface area contributed by atoms with E-state index in [4.69, 9.17) is 15.2 Å². The number of hydrogen-bond donors (Lipinski definition) is 2. The van der Waals surface area contributed by atoms with E-state index in [1.807, 2.05) is 39.0 Å². The summed E-state index contributed by atoms with van der Waals surface area (Å²) in [5, 5.41) is 2.47. The summed E-state index contributed by atoms with van der Waals surface area (Å²) in [7, 11) is 0. The largest absolute Gasteiger partial charge is 0.493 e. The summed E-state index contributed by atoms with van der Waals surface area (Å²) in [6.45, 7) is 17.7. The predicted molar refractivity (Wildman–Crippen MR) is 175 cm³/mol. The van der Waals surface area contributed by atoms with Crippen LogP contribution in [0, 0.1) is 5.92 Å². The molecule has 2 rings (SSSR count). The Hall–Kier alpha value is -4.50. The molecule has 1 heterocycles. The number of halogens is 1. The number of amides is 1. The van der Waals surface area contributed by atoms with Crippen molar-refractivity contribution in [2.24, 2.45) is 16.6 Å². The number of ketones is 1. The molecule has 0 aliphatic carbocycles. The van der Waals surface area contributed by atoms with Crippen molar-refractivity contribution in [1.29, 1.82) is 0 Å². The monoisotopic (exact) mass is 594 g/mol. The lowest BCUT2D eigenvalue weighted by molar-refractivity contribution is -0.108. The lowest BCUT2D eigenvalue weighted by Gasteiger charge is -2.30. The second-order valence-corrected chi connectivity index (χ2v) is 8.95. The van der Waals surface area contributed by atoms with E-state index in [1.54, 1.807) is 37.4 Å². The van der Waals surface area contributed by atoms with E-state index in [2.05, 4.69) is 28.4 Å². The maximum atomic E-state index is 11.7. The number of allylic oxidation sites excluding steroid dienone is 8. The Kier molecular flexibility index (Phi) is 22.6. The number of rotatable bonds is 15. The summed E-state index contributed by atoms with van der Waals surface area (Å²) in [5.74, 6) is 1.76. The topological polar surface area (TPSA) is 106 Å². The van der Waals surface area contributed by atoms with Gasteiger partial charge in [-0.1, -0.05) is 51.3 Å². The van der Waals surface area contributed by atoms with Gasteiger partial charge in [-0.05, 0) is 74.6 Å². The molecule has 9 heteroatoms. The van der Waals surface area contributed by atoms with Crippen molar-refractivity contribution in [2.75, 3.05) is 26.4 Å². The highest BCUT2D eigenvalue weighted by atomic mass is 19.1. The van der Waals surface area contributed by atoms with Crippen molar-refractivity contribution in [3.63, 3.8) is 0 Å². The molecule has 0 spiro atoms. The number of Topliss-reactive ketones (excluding diaryl/α,β-unsaturated/α-hetero) is 1. The number of nitrogens with two attached hydrogens (primary N) is 1. The SMILES string of the molecule is C=C/C=C(C)\C=C\O/C(C=C)=C/C=C/F.CC.CC(=O)c1cccc(OCC2CCN(C/N=C\C(=C/N)NC=O)CC2)c1. The number of likely N-dealkylation sites (tertiary alicyclic amines) is 1. The van der Waals surface area contributed by atoms with Crippen LogP contribution in [0.5, 0.6) is 5.75 Å². The maximum absolute atomic E-state index is 11.7. The number of ether oxygens (including phenoxy) is 2. The molecule has 234 valence electrons. The first-order valence-electron chi connectivity index (χ1n) is 14.2. The van der Waals surface area contributed by atoms with Gasteiger partial charge >= 0.3 is 0 Å². The van der Waals surface area contributed by atoms with Crippen molar-refractivity contribution in [3.8, 4) is 5.75 Å². The molecule has 1 aliphatic rings. The lowest BCUT2D eigenvalue weighted by Crippen LogP contribution is -2.35. The molecule has 1 aromatic rings. The van der Waals surface area contributed by atoms with Crippen LogP contribution in [-0.2, 0) is 9.53 Å². The van der Waals surface area contributed by atoms with Gasteiger partial charge in [-0.2, -0.15) is 0 Å². The standard InChI is InChI=1S/C19H26N4O3.C13H15FO.C2H6/c1-15(25)17-3-2-4-19(9-17)26-12-16-5-7-23(8-6-16)13-21-11-18(10-20)22-14-24;1-4-7-12(3)9-11-15-13(5-2)8-6-10-14;1-2/h2-4,9-11,14,16H,5-8,12-13,20H2,1H3,(H,22,24);4-11H,1-2H2,3H3;1-2H3/b18-10+,21-11-;10-6+,11-9+,12-7-,13-8+;. The van der Waals surface area contributed by atoms with Crippen molar-refractivity contribution < 1.29 is 23.5 Å². The molecular formula is C34H47FN4O4. The Labute approximate surface area is 256 Å². The maximum Gasteiger partial charge on any atom is 0.211 e. The summed E-state index contributed by atoms with van der Waals surface area (Å²) >= 11 is 0. The lowest BCUT2D eigenvalue weighted by atomic mass is 9.98. The van der Waals surface area contributed by atoms with Crippen LogP contribution >= 0.6 is 0 Å². The van der Waals surface area contributed by atoms with E-state index in [0.29, 0.717) is 49.0 Å². The van der Waals surface area contributed by atoms with Crippen molar-refractivity contribution >= 4 is 18.4 Å². The molecule has 0 saturated carbocycles. The van der Waals surface area contributed by atoms with Gasteiger partial charge in [0.1, 0.15) is 11.5 Å². The first-order chi connectivity index (χ1) is 20.9. The van der Waals surface area contributed by atoms with Crippen LogP contribution in [0.2, 0.25) is 0 Å². The molecule has 0 aromatic heterocycles. The highest BCUT2D eigenvalue weighted by Crippen LogP contribution is 2.20. The smallest absolute Gasteiger partial charge is 0.211 e. The Balaban J connectivity index is 0.000000887. The molecule has 1 saturated heterocycles. The van der Waals surface area contributed by atoms with Crippen molar-refractivity contribution in [2.45, 2.75) is 40.5 Å². The molecule has 1 fully saturated rings. The van der Waals surface area contributed by atoms with Crippen LogP contribution in [0.25, 0.3) is 0 Å². The Morgan fingerprint density at radius 1 is 1.21 bits per heavy atom. The van der Waals surface area contributed by atoms with Gasteiger partial charge in [0.25, 0.3) is 0 Å². The minimum absolute atomic E-state index is 0.0419. The average Bonchev–Trinajstić information content (AvgIpc) is 3.03. The summed E-state index contributed by atoms with van der Waals surface area (Å²) < 4.78 is 22.7. The molecule has 0 unspecified atom stereocenters. The Bertz CT molecular complexity index is 1160. The minimum Gasteiger partial charge on any atom is -0.493 e. The minimum atomic E-state index is 0.0419. The molecular weight excluding hydrogens is 547 g/mol. The molecule has 1 amide bonds. The molecule has 8 nitrogen and oxygen atoms in total. The number of piperidine rings is 1. The van der Waals surface area contributed by atoms with Gasteiger partial charge < -0.3 is 20.5 Å². The Morgan fingerprint density at radius 2 is 1.93 bits per heavy atom. The van der Waals surface area contributed by atoms with Crippen molar-refractivity contribution in [3.05, 3.63) is 115 Å². The van der Waals surface area contributed by atoms with E-state index < -0.39 is 0 Å². The average molecular weight is 595 g/mol. The molecule has 0 radical (unpaired) electrons. The fourth-order valence-electron chi connectivity index (χ4n) is 3.51. The zero-order valence-corrected chi connectivity index (χ0v) is 25.9. The summed E-state index contributed by atoms with van der Waals surface area (Å²) in [6.07, 6.45) is 17.0. The highest BCUT2D eigenvalue weighted by molar-refractivity contribution is 5.94. The number of aliphatic imine (C=N–C) groups is 1. The normalized spacial score (nSPS) is 14.9. The summed E-state index contributed by atoms with van der Waals surface area (Å²) in [5.41, 5.74) is 7.55. The van der Waals surface area contributed by atoms with Crippen LogP contribution in [0.3, 0.4) is 0 Å². The first-order valence-corrected chi connectivity index (χ1v) is 14.2. The molecule has 1 aliphatic heterocycles. The highest BCUT2D eigenvalue weighted by Gasteiger charge is 2.19. The van der Waals surface area contributed by atoms with Gasteiger partial charge in [0.15, 0.2) is 5.78 Å². The second-order valence-electron chi connectivity index (χ2n) is 8.95. The van der Waals surface area contributed by atoms with E-state index in [9.17, 15) is 14.0 Å². The number of nitrogens with zero attached hydrogens (tertiary/aromatic N) is 2. The number of carbonyl (C=O) groups is 2. The van der Waals surface area contributed by atoms with Crippen LogP contribution in [-0.4, -0.2) is 49.7 Å². The third kappa shape index (κ3) is 18.5. The third-order valence-corrected chi connectivity index (χ3v) is 5.80. The fraction of sp³-hybridized carbons (Fsp3) is 0.324. The predicted octanol–water partition coefficient (Wildman–Crippen LogP) is 6.78. The zero-order valence-electron chi connectivity index (χ0n) is 25.9. The van der Waals surface area contributed by atoms with Crippen LogP contribution in [0.4, 0.5) is 4.39 Å². The molecule has 1 aromatic carbocycles. The van der Waals surface area contributed by atoms with Gasteiger partial charge in [0.2, 0.25) is 6.41 Å². The number of hydrogen-bond acceptors (Lipinski definition) is 7. The van der Waals surface area contributed by atoms with Crippen LogP contribution in [0.15, 0.2) is 115 Å². The van der Waals surface area contributed by atoms with E-state index in [1.165, 1.54) is 30.7 Å². The second kappa shape index (κ2) is 25.2. The first kappa shape index (κ1) is 38.5. The van der Waals surface area contributed by atoms with Gasteiger partial charge in [0, 0.05) is 31.1 Å². The van der Waals surface area contributed by atoms with E-state index >= 15 is 0 Å². The van der Waals surface area contributed by atoms with Gasteiger partial charge in [0.05, 0.1) is 31.6 Å². The van der Waals surface area contributed by atoms with Gasteiger partial charge in [-0.15, -0.1) is 0 Å². The molecule has 0 bridgehead atoms. The summed E-state index contributed by atoms with van der Waals surface area (Å²) in [4.78, 5) is 28.3. The van der Waals surface area contributed by atoms with Crippen LogP contribution in [0.1, 0.15) is 50.9 Å².